The van der Waals surface area contributed by atoms with Crippen LogP contribution in [0.4, 0.5) is 5.69 Å². The maximum atomic E-state index is 12.0. The van der Waals surface area contributed by atoms with Crippen LogP contribution in [-0.4, -0.2) is 52.5 Å². The molecule has 0 bridgehead atoms. The molecule has 2 fully saturated rings. The number of hydrogen-bond donors (Lipinski definition) is 1. The third kappa shape index (κ3) is 2.23. The monoisotopic (exact) mass is 303 g/mol. The first-order valence-corrected chi connectivity index (χ1v) is 7.61. The minimum atomic E-state index is -0.856. The summed E-state index contributed by atoms with van der Waals surface area (Å²) in [6.45, 7) is 3.47. The van der Waals surface area contributed by atoms with Crippen LogP contribution in [0.5, 0.6) is 0 Å². The zero-order valence-electron chi connectivity index (χ0n) is 13.0. The van der Waals surface area contributed by atoms with E-state index in [4.69, 9.17) is 0 Å². The minimum absolute atomic E-state index is 0.0550. The van der Waals surface area contributed by atoms with Crippen LogP contribution in [0.15, 0.2) is 18.3 Å². The van der Waals surface area contributed by atoms with Gasteiger partial charge in [0.15, 0.2) is 0 Å². The summed E-state index contributed by atoms with van der Waals surface area (Å²) in [4.78, 5) is 31.7. The number of aromatic nitrogens is 1. The van der Waals surface area contributed by atoms with Gasteiger partial charge in [-0.2, -0.15) is 0 Å². The van der Waals surface area contributed by atoms with Crippen molar-refractivity contribution in [1.82, 2.24) is 9.88 Å². The van der Waals surface area contributed by atoms with Gasteiger partial charge in [0, 0.05) is 44.1 Å². The number of carboxylic acids is 1. The van der Waals surface area contributed by atoms with Gasteiger partial charge in [0.25, 0.3) is 0 Å². The largest absolute Gasteiger partial charge is 0.481 e. The van der Waals surface area contributed by atoms with Crippen molar-refractivity contribution in [2.45, 2.75) is 31.7 Å². The van der Waals surface area contributed by atoms with Crippen molar-refractivity contribution in [3.05, 3.63) is 24.0 Å². The molecule has 2 aliphatic rings. The summed E-state index contributed by atoms with van der Waals surface area (Å²) in [5, 5.41) is 9.48. The van der Waals surface area contributed by atoms with Gasteiger partial charge in [-0.15, -0.1) is 0 Å². The van der Waals surface area contributed by atoms with Gasteiger partial charge in [-0.1, -0.05) is 0 Å². The molecule has 0 saturated carbocycles. The summed E-state index contributed by atoms with van der Waals surface area (Å²) in [5.41, 5.74) is 1.55. The van der Waals surface area contributed by atoms with E-state index in [2.05, 4.69) is 9.88 Å². The fourth-order valence-corrected chi connectivity index (χ4v) is 3.86. The number of carbonyl (C=O) groups excluding carboxylic acids is 1. The lowest BCUT2D eigenvalue weighted by atomic mass is 9.77. The van der Waals surface area contributed by atoms with Gasteiger partial charge in [-0.25, -0.2) is 0 Å². The molecule has 2 saturated heterocycles. The van der Waals surface area contributed by atoms with Crippen molar-refractivity contribution >= 4 is 17.6 Å². The molecular formula is C16H21N3O3. The lowest BCUT2D eigenvalue weighted by Crippen LogP contribution is -2.56. The van der Waals surface area contributed by atoms with E-state index in [0.29, 0.717) is 12.8 Å². The fraction of sp³-hybridized carbons (Fsp3) is 0.562. The number of amides is 1. The smallest absolute Gasteiger partial charge is 0.309 e. The van der Waals surface area contributed by atoms with E-state index in [1.807, 2.05) is 19.1 Å². The Morgan fingerprint density at radius 3 is 2.68 bits per heavy atom. The Kier molecular flexibility index (Phi) is 3.54. The van der Waals surface area contributed by atoms with Crippen molar-refractivity contribution in [2.75, 3.05) is 25.0 Å². The molecule has 118 valence electrons. The highest BCUT2D eigenvalue weighted by Crippen LogP contribution is 2.43. The number of anilines is 1. The average Bonchev–Trinajstić information content (AvgIpc) is 2.74. The molecule has 1 atom stereocenters. The van der Waals surface area contributed by atoms with Crippen LogP contribution in [0.3, 0.4) is 0 Å². The number of rotatable bonds is 2. The highest BCUT2D eigenvalue weighted by atomic mass is 16.4. The molecule has 2 aliphatic heterocycles. The first-order chi connectivity index (χ1) is 10.4. The van der Waals surface area contributed by atoms with Gasteiger partial charge in [0.2, 0.25) is 5.91 Å². The molecule has 3 heterocycles. The summed E-state index contributed by atoms with van der Waals surface area (Å²) in [6.07, 6.45) is 3.29. The molecule has 1 aromatic heterocycles. The van der Waals surface area contributed by atoms with Gasteiger partial charge in [-0.3, -0.25) is 14.6 Å². The number of nitrogens with zero attached hydrogens (tertiary/aromatic N) is 3. The Labute approximate surface area is 129 Å². The SMILES string of the molecule is Cc1cc(N2CCC3(CC2)C(C(=O)O)CC(=O)N3C)ccn1. The highest BCUT2D eigenvalue weighted by molar-refractivity contribution is 5.88. The minimum Gasteiger partial charge on any atom is -0.481 e. The summed E-state index contributed by atoms with van der Waals surface area (Å²) >= 11 is 0. The van der Waals surface area contributed by atoms with Crippen LogP contribution in [-0.2, 0) is 9.59 Å². The van der Waals surface area contributed by atoms with Crippen LogP contribution in [0.2, 0.25) is 0 Å². The van der Waals surface area contributed by atoms with Crippen LogP contribution in [0.25, 0.3) is 0 Å². The Hall–Kier alpha value is -2.11. The second-order valence-electron chi connectivity index (χ2n) is 6.29. The first kappa shape index (κ1) is 14.8. The van der Waals surface area contributed by atoms with Gasteiger partial charge >= 0.3 is 5.97 Å². The lowest BCUT2D eigenvalue weighted by molar-refractivity contribution is -0.145. The third-order valence-corrected chi connectivity index (χ3v) is 5.24. The maximum Gasteiger partial charge on any atom is 0.309 e. The Morgan fingerprint density at radius 1 is 1.41 bits per heavy atom. The average molecular weight is 303 g/mol. The molecule has 1 unspecified atom stereocenters. The second-order valence-corrected chi connectivity index (χ2v) is 6.29. The zero-order valence-corrected chi connectivity index (χ0v) is 13.0. The van der Waals surface area contributed by atoms with E-state index in [9.17, 15) is 14.7 Å². The van der Waals surface area contributed by atoms with Gasteiger partial charge in [0.05, 0.1) is 11.5 Å². The number of pyridine rings is 1. The molecule has 6 heteroatoms. The van der Waals surface area contributed by atoms with Gasteiger partial charge in [0.1, 0.15) is 0 Å². The van der Waals surface area contributed by atoms with Crippen LogP contribution < -0.4 is 4.90 Å². The van der Waals surface area contributed by atoms with Crippen molar-refractivity contribution in [3.8, 4) is 0 Å². The standard InChI is InChI=1S/C16H21N3O3/c1-11-9-12(3-6-17-11)19-7-4-16(5-8-19)13(15(21)22)10-14(20)18(16)2/h3,6,9,13H,4-5,7-8,10H2,1-2H3,(H,21,22). The van der Waals surface area contributed by atoms with E-state index in [1.165, 1.54) is 0 Å². The fourth-order valence-electron chi connectivity index (χ4n) is 3.86. The zero-order chi connectivity index (χ0) is 15.9. The van der Waals surface area contributed by atoms with E-state index < -0.39 is 17.4 Å². The molecule has 0 radical (unpaired) electrons. The summed E-state index contributed by atoms with van der Waals surface area (Å²) in [7, 11) is 1.75. The van der Waals surface area contributed by atoms with E-state index in [-0.39, 0.29) is 12.3 Å². The number of piperidine rings is 1. The molecule has 0 aliphatic carbocycles. The van der Waals surface area contributed by atoms with E-state index >= 15 is 0 Å². The highest BCUT2D eigenvalue weighted by Gasteiger charge is 2.55. The Bertz CT molecular complexity index is 608. The molecule has 3 rings (SSSR count). The van der Waals surface area contributed by atoms with Crippen molar-refractivity contribution < 1.29 is 14.7 Å². The van der Waals surface area contributed by atoms with Crippen molar-refractivity contribution in [2.24, 2.45) is 5.92 Å². The molecule has 1 amide bonds. The molecule has 1 aromatic rings. The van der Waals surface area contributed by atoms with Crippen LogP contribution in [0.1, 0.15) is 25.0 Å². The second kappa shape index (κ2) is 5.26. The number of hydrogen-bond acceptors (Lipinski definition) is 4. The lowest BCUT2D eigenvalue weighted by Gasteiger charge is -2.46. The molecule has 22 heavy (non-hydrogen) atoms. The molecule has 0 aromatic carbocycles. The van der Waals surface area contributed by atoms with Gasteiger partial charge in [-0.05, 0) is 31.9 Å². The predicted octanol–water partition coefficient (Wildman–Crippen LogP) is 1.29. The number of aryl methyl sites for hydroxylation is 1. The maximum absolute atomic E-state index is 12.0. The van der Waals surface area contributed by atoms with Gasteiger partial charge < -0.3 is 14.9 Å². The Balaban J connectivity index is 1.80. The third-order valence-electron chi connectivity index (χ3n) is 5.24. The molecule has 1 spiro atoms. The van der Waals surface area contributed by atoms with E-state index in [0.717, 1.165) is 24.5 Å². The molecular weight excluding hydrogens is 282 g/mol. The summed E-state index contributed by atoms with van der Waals surface area (Å²) in [6, 6.07) is 4.01. The van der Waals surface area contributed by atoms with Crippen LogP contribution >= 0.6 is 0 Å². The quantitative estimate of drug-likeness (QED) is 0.891. The number of likely N-dealkylation sites (tertiary alicyclic amines) is 1. The normalized spacial score (nSPS) is 24.1. The first-order valence-electron chi connectivity index (χ1n) is 7.61. The number of aliphatic carboxylic acids is 1. The number of carboxylic acid groups (broad SMARTS) is 1. The predicted molar refractivity (Wildman–Crippen MR) is 81.7 cm³/mol. The van der Waals surface area contributed by atoms with Crippen molar-refractivity contribution in [3.63, 3.8) is 0 Å². The molecule has 6 nitrogen and oxygen atoms in total. The summed E-state index contributed by atoms with van der Waals surface area (Å²) in [5.74, 6) is -1.50. The molecule has 1 N–H and O–H groups in total. The van der Waals surface area contributed by atoms with E-state index in [1.54, 1.807) is 18.1 Å². The topological polar surface area (TPSA) is 73.7 Å². The Morgan fingerprint density at radius 2 is 2.09 bits per heavy atom. The number of carbonyl (C=O) groups is 2. The summed E-state index contributed by atoms with van der Waals surface area (Å²) < 4.78 is 0. The van der Waals surface area contributed by atoms with Crippen molar-refractivity contribution in [1.29, 1.82) is 0 Å². The van der Waals surface area contributed by atoms with Crippen LogP contribution in [0, 0.1) is 12.8 Å².